The zero-order chi connectivity index (χ0) is 17.9. The van der Waals surface area contributed by atoms with Crippen LogP contribution in [0.15, 0.2) is 30.6 Å². The summed E-state index contributed by atoms with van der Waals surface area (Å²) in [6, 6.07) is 8.27. The van der Waals surface area contributed by atoms with Crippen LogP contribution in [-0.4, -0.2) is 68.0 Å². The monoisotopic (exact) mass is 354 g/mol. The van der Waals surface area contributed by atoms with Crippen LogP contribution in [0.4, 0.5) is 0 Å². The van der Waals surface area contributed by atoms with Gasteiger partial charge in [0, 0.05) is 26.2 Å². The number of piperazine rings is 1. The van der Waals surface area contributed by atoms with Crippen molar-refractivity contribution in [2.24, 2.45) is 0 Å². The van der Waals surface area contributed by atoms with Gasteiger partial charge in [-0.25, -0.2) is 4.68 Å². The summed E-state index contributed by atoms with van der Waals surface area (Å²) in [5.41, 5.74) is 2.48. The number of carbonyl (C=O) groups excluding carboxylic acids is 2. The first-order valence-electron chi connectivity index (χ1n) is 9.07. The van der Waals surface area contributed by atoms with Crippen LogP contribution in [0.1, 0.15) is 29.9 Å². The Kier molecular flexibility index (Phi) is 4.64. The molecule has 2 amide bonds. The third-order valence-electron chi connectivity index (χ3n) is 5.30. The molecule has 8 heteroatoms. The summed E-state index contributed by atoms with van der Waals surface area (Å²) in [5, 5.41) is 10.8. The number of aromatic nitrogens is 4. The van der Waals surface area contributed by atoms with Gasteiger partial charge in [-0.2, -0.15) is 0 Å². The van der Waals surface area contributed by atoms with Gasteiger partial charge < -0.3 is 9.80 Å². The maximum absolute atomic E-state index is 13.0. The highest BCUT2D eigenvalue weighted by atomic mass is 16.2. The minimum Gasteiger partial charge on any atom is -0.339 e. The molecule has 2 aromatic rings. The number of aryl methyl sites for hydroxylation is 1. The molecule has 4 rings (SSSR count). The van der Waals surface area contributed by atoms with Crippen LogP contribution in [0, 0.1) is 0 Å². The smallest absolute Gasteiger partial charge is 0.244 e. The minimum atomic E-state index is -0.0385. The lowest BCUT2D eigenvalue weighted by Gasteiger charge is -2.37. The van der Waals surface area contributed by atoms with E-state index in [0.29, 0.717) is 26.2 Å². The fourth-order valence-electron chi connectivity index (χ4n) is 3.90. The molecule has 1 unspecified atom stereocenters. The Morgan fingerprint density at radius 2 is 1.85 bits per heavy atom. The number of tetrazole rings is 1. The van der Waals surface area contributed by atoms with Gasteiger partial charge >= 0.3 is 0 Å². The number of amides is 2. The Bertz CT molecular complexity index is 783. The number of fused-ring (bicyclic) bond motifs is 1. The predicted molar refractivity (Wildman–Crippen MR) is 93.1 cm³/mol. The second-order valence-corrected chi connectivity index (χ2v) is 6.86. The van der Waals surface area contributed by atoms with Crippen molar-refractivity contribution in [2.75, 3.05) is 26.2 Å². The molecule has 0 bridgehead atoms. The molecule has 1 aromatic heterocycles. The summed E-state index contributed by atoms with van der Waals surface area (Å²) in [5.74, 6) is 0.139. The Morgan fingerprint density at radius 1 is 1.08 bits per heavy atom. The van der Waals surface area contributed by atoms with Crippen molar-refractivity contribution in [1.82, 2.24) is 30.0 Å². The van der Waals surface area contributed by atoms with Gasteiger partial charge in [-0.05, 0) is 40.8 Å². The van der Waals surface area contributed by atoms with E-state index in [1.165, 1.54) is 22.1 Å². The third-order valence-corrected chi connectivity index (χ3v) is 5.30. The van der Waals surface area contributed by atoms with Crippen LogP contribution in [0.25, 0.3) is 0 Å². The lowest BCUT2D eigenvalue weighted by molar-refractivity contribution is -0.141. The van der Waals surface area contributed by atoms with Crippen molar-refractivity contribution in [3.8, 4) is 0 Å². The quantitative estimate of drug-likeness (QED) is 0.800. The van der Waals surface area contributed by atoms with Crippen molar-refractivity contribution >= 4 is 11.8 Å². The van der Waals surface area contributed by atoms with Crippen molar-refractivity contribution in [3.05, 3.63) is 41.7 Å². The molecule has 0 spiro atoms. The molecule has 8 nitrogen and oxygen atoms in total. The maximum atomic E-state index is 13.0. The SMILES string of the molecule is O=C(Cn1cnnn1)N1CCN(C(=O)C2CCCc3ccccc32)CC1. The van der Waals surface area contributed by atoms with E-state index in [0.717, 1.165) is 19.3 Å². The van der Waals surface area contributed by atoms with Gasteiger partial charge in [0.05, 0.1) is 5.92 Å². The molecule has 0 N–H and O–H groups in total. The first-order chi connectivity index (χ1) is 12.7. The van der Waals surface area contributed by atoms with E-state index in [-0.39, 0.29) is 24.3 Å². The van der Waals surface area contributed by atoms with E-state index in [1.807, 2.05) is 17.0 Å². The second kappa shape index (κ2) is 7.23. The van der Waals surface area contributed by atoms with Gasteiger partial charge in [-0.15, -0.1) is 5.10 Å². The van der Waals surface area contributed by atoms with Crippen molar-refractivity contribution in [1.29, 1.82) is 0 Å². The maximum Gasteiger partial charge on any atom is 0.244 e. The van der Waals surface area contributed by atoms with E-state index in [4.69, 9.17) is 0 Å². The number of rotatable bonds is 3. The van der Waals surface area contributed by atoms with Crippen LogP contribution in [-0.2, 0) is 22.6 Å². The molecule has 2 aliphatic rings. The number of carbonyl (C=O) groups is 2. The van der Waals surface area contributed by atoms with Gasteiger partial charge in [0.25, 0.3) is 0 Å². The summed E-state index contributed by atoms with van der Waals surface area (Å²) in [4.78, 5) is 29.0. The molecule has 1 aliphatic heterocycles. The van der Waals surface area contributed by atoms with Gasteiger partial charge in [-0.3, -0.25) is 9.59 Å². The Morgan fingerprint density at radius 3 is 2.62 bits per heavy atom. The van der Waals surface area contributed by atoms with Crippen LogP contribution in [0.3, 0.4) is 0 Å². The fraction of sp³-hybridized carbons (Fsp3) is 0.500. The van der Waals surface area contributed by atoms with Gasteiger partial charge in [0.2, 0.25) is 11.8 Å². The summed E-state index contributed by atoms with van der Waals surface area (Å²) in [7, 11) is 0. The average Bonchev–Trinajstić information content (AvgIpc) is 3.20. The summed E-state index contributed by atoms with van der Waals surface area (Å²) < 4.78 is 1.42. The molecule has 26 heavy (non-hydrogen) atoms. The van der Waals surface area contributed by atoms with Crippen LogP contribution in [0.5, 0.6) is 0 Å². The number of benzene rings is 1. The van der Waals surface area contributed by atoms with Crippen LogP contribution < -0.4 is 0 Å². The first-order valence-corrected chi connectivity index (χ1v) is 9.07. The van der Waals surface area contributed by atoms with E-state index >= 15 is 0 Å². The normalized spacial score (nSPS) is 19.9. The molecule has 1 saturated heterocycles. The van der Waals surface area contributed by atoms with Crippen LogP contribution in [0.2, 0.25) is 0 Å². The minimum absolute atomic E-state index is 0.0209. The topological polar surface area (TPSA) is 84.2 Å². The third kappa shape index (κ3) is 3.31. The molecule has 1 fully saturated rings. The van der Waals surface area contributed by atoms with E-state index in [9.17, 15) is 9.59 Å². The van der Waals surface area contributed by atoms with Crippen molar-refractivity contribution < 1.29 is 9.59 Å². The molecular weight excluding hydrogens is 332 g/mol. The van der Waals surface area contributed by atoms with Gasteiger partial charge in [0.15, 0.2) is 0 Å². The molecule has 0 radical (unpaired) electrons. The predicted octanol–water partition coefficient (Wildman–Crippen LogP) is 0.464. The van der Waals surface area contributed by atoms with Crippen molar-refractivity contribution in [3.63, 3.8) is 0 Å². The first kappa shape index (κ1) is 16.7. The number of hydrogen-bond donors (Lipinski definition) is 0. The molecule has 1 aromatic carbocycles. The van der Waals surface area contributed by atoms with Crippen LogP contribution >= 0.6 is 0 Å². The Balaban J connectivity index is 1.36. The zero-order valence-corrected chi connectivity index (χ0v) is 14.6. The summed E-state index contributed by atoms with van der Waals surface area (Å²) >= 11 is 0. The lowest BCUT2D eigenvalue weighted by Crippen LogP contribution is -2.52. The van der Waals surface area contributed by atoms with E-state index in [2.05, 4.69) is 27.7 Å². The van der Waals surface area contributed by atoms with E-state index < -0.39 is 0 Å². The van der Waals surface area contributed by atoms with Crippen molar-refractivity contribution in [2.45, 2.75) is 31.7 Å². The Hall–Kier alpha value is -2.77. The fourth-order valence-corrected chi connectivity index (χ4v) is 3.90. The number of nitrogens with zero attached hydrogens (tertiary/aromatic N) is 6. The lowest BCUT2D eigenvalue weighted by atomic mass is 9.82. The standard InChI is InChI=1S/C18H22N6O2/c25-17(12-24-13-19-20-21-24)22-8-10-23(11-9-22)18(26)16-7-3-5-14-4-1-2-6-15(14)16/h1-2,4,6,13,16H,3,5,7-12H2. The highest BCUT2D eigenvalue weighted by molar-refractivity contribution is 5.85. The molecule has 136 valence electrons. The average molecular weight is 354 g/mol. The molecule has 0 saturated carbocycles. The molecule has 1 atom stereocenters. The zero-order valence-electron chi connectivity index (χ0n) is 14.6. The highest BCUT2D eigenvalue weighted by Crippen LogP contribution is 2.33. The summed E-state index contributed by atoms with van der Waals surface area (Å²) in [6.45, 7) is 2.41. The highest BCUT2D eigenvalue weighted by Gasteiger charge is 2.32. The largest absolute Gasteiger partial charge is 0.339 e. The molecular formula is C18H22N6O2. The van der Waals surface area contributed by atoms with E-state index in [1.54, 1.807) is 4.90 Å². The number of hydrogen-bond acceptors (Lipinski definition) is 5. The Labute approximate surface area is 151 Å². The van der Waals surface area contributed by atoms with Gasteiger partial charge in [0.1, 0.15) is 12.9 Å². The second-order valence-electron chi connectivity index (χ2n) is 6.86. The molecule has 2 heterocycles. The van der Waals surface area contributed by atoms with Gasteiger partial charge in [-0.1, -0.05) is 24.3 Å². The molecule has 1 aliphatic carbocycles. The summed E-state index contributed by atoms with van der Waals surface area (Å²) in [6.07, 6.45) is 4.45.